The van der Waals surface area contributed by atoms with Gasteiger partial charge in [0.2, 0.25) is 0 Å². The number of thiophene rings is 1. The summed E-state index contributed by atoms with van der Waals surface area (Å²) in [5.74, 6) is 2.14. The summed E-state index contributed by atoms with van der Waals surface area (Å²) in [4.78, 5) is 2.62. The lowest BCUT2D eigenvalue weighted by atomic mass is 9.72. The van der Waals surface area contributed by atoms with Gasteiger partial charge < -0.3 is 9.30 Å². The number of rotatable bonds is 4. The Balaban J connectivity index is 1.38. The number of ether oxygens (including phenoxy) is 1. The van der Waals surface area contributed by atoms with Crippen molar-refractivity contribution in [3.05, 3.63) is 34.0 Å². The van der Waals surface area contributed by atoms with Gasteiger partial charge in [-0.2, -0.15) is 11.3 Å². The van der Waals surface area contributed by atoms with E-state index in [0.29, 0.717) is 12.0 Å². The van der Waals surface area contributed by atoms with Crippen LogP contribution in [0.1, 0.15) is 42.9 Å². The topological polar surface area (TPSA) is 43.2 Å². The maximum absolute atomic E-state index is 5.26. The van der Waals surface area contributed by atoms with E-state index in [4.69, 9.17) is 4.74 Å². The zero-order chi connectivity index (χ0) is 16.4. The molecule has 24 heavy (non-hydrogen) atoms. The molecule has 2 aromatic heterocycles. The molecule has 0 unspecified atom stereocenters. The summed E-state index contributed by atoms with van der Waals surface area (Å²) in [7, 11) is 1.73. The van der Waals surface area contributed by atoms with Gasteiger partial charge in [-0.25, -0.2) is 0 Å². The van der Waals surface area contributed by atoms with Crippen molar-refractivity contribution in [2.75, 3.05) is 20.2 Å². The highest BCUT2D eigenvalue weighted by Gasteiger charge is 2.36. The molecule has 0 atom stereocenters. The van der Waals surface area contributed by atoms with Crippen LogP contribution in [0.3, 0.4) is 0 Å². The molecular formula is C18H26N4OS. The highest BCUT2D eigenvalue weighted by Crippen LogP contribution is 2.41. The van der Waals surface area contributed by atoms with Crippen molar-refractivity contribution in [3.8, 4) is 0 Å². The summed E-state index contributed by atoms with van der Waals surface area (Å²) >= 11 is 1.80. The lowest BCUT2D eigenvalue weighted by Crippen LogP contribution is -2.40. The van der Waals surface area contributed by atoms with Gasteiger partial charge in [0.25, 0.3) is 0 Å². The monoisotopic (exact) mass is 346 g/mol. The first-order valence-corrected chi connectivity index (χ1v) is 9.86. The molecule has 0 amide bonds. The first-order valence-electron chi connectivity index (χ1n) is 8.91. The van der Waals surface area contributed by atoms with Gasteiger partial charge in [-0.05, 0) is 66.6 Å². The predicted molar refractivity (Wildman–Crippen MR) is 94.9 cm³/mol. The molecule has 0 radical (unpaired) electrons. The zero-order valence-electron chi connectivity index (χ0n) is 14.4. The maximum Gasteiger partial charge on any atom is 0.159 e. The molecule has 0 aromatic carbocycles. The number of methoxy groups -OCH3 is 1. The molecule has 1 spiro atoms. The molecule has 6 heteroatoms. The van der Waals surface area contributed by atoms with E-state index in [1.807, 2.05) is 0 Å². The van der Waals surface area contributed by atoms with E-state index in [1.54, 1.807) is 18.4 Å². The molecule has 1 fully saturated rings. The Kier molecular flexibility index (Phi) is 4.70. The fraction of sp³-hybridized carbons (Fsp3) is 0.667. The first-order chi connectivity index (χ1) is 11.8. The minimum Gasteiger partial charge on any atom is -0.377 e. The molecule has 0 N–H and O–H groups in total. The first kappa shape index (κ1) is 16.2. The lowest BCUT2D eigenvalue weighted by molar-refractivity contribution is 0.0821. The van der Waals surface area contributed by atoms with Gasteiger partial charge in [0, 0.05) is 26.6 Å². The predicted octanol–water partition coefficient (Wildman–Crippen LogP) is 3.10. The van der Waals surface area contributed by atoms with E-state index in [2.05, 4.69) is 36.5 Å². The van der Waals surface area contributed by atoms with Crippen molar-refractivity contribution >= 4 is 11.3 Å². The van der Waals surface area contributed by atoms with E-state index in [0.717, 1.165) is 31.2 Å². The molecule has 2 aliphatic heterocycles. The van der Waals surface area contributed by atoms with Crippen molar-refractivity contribution in [1.82, 2.24) is 19.7 Å². The number of hydrogen-bond donors (Lipinski definition) is 0. The fourth-order valence-corrected chi connectivity index (χ4v) is 4.89. The summed E-state index contributed by atoms with van der Waals surface area (Å²) < 4.78 is 7.57. The second kappa shape index (κ2) is 6.94. The standard InChI is InChI=1S/C18H26N4OS/c1-23-13-17-20-19-16-2-4-18(7-10-22(16)17)5-8-21(9-6-18)12-15-3-11-24-14-15/h3,11,14H,2,4-10,12-13H2,1H3. The molecule has 0 bridgehead atoms. The van der Waals surface area contributed by atoms with Crippen molar-refractivity contribution in [3.63, 3.8) is 0 Å². The lowest BCUT2D eigenvalue weighted by Gasteiger charge is -2.41. The van der Waals surface area contributed by atoms with Gasteiger partial charge in [-0.1, -0.05) is 0 Å². The molecule has 4 rings (SSSR count). The number of hydrogen-bond acceptors (Lipinski definition) is 5. The second-order valence-corrected chi connectivity index (χ2v) is 8.05. The van der Waals surface area contributed by atoms with Gasteiger partial charge in [0.05, 0.1) is 0 Å². The third-order valence-corrected chi connectivity index (χ3v) is 6.56. The van der Waals surface area contributed by atoms with Gasteiger partial charge in [0.1, 0.15) is 12.4 Å². The minimum absolute atomic E-state index is 0.496. The van der Waals surface area contributed by atoms with Crippen LogP contribution in [0.4, 0.5) is 0 Å². The van der Waals surface area contributed by atoms with Gasteiger partial charge in [0.15, 0.2) is 5.82 Å². The molecular weight excluding hydrogens is 320 g/mol. The van der Waals surface area contributed by atoms with Crippen LogP contribution in [0.5, 0.6) is 0 Å². The van der Waals surface area contributed by atoms with Crippen LogP contribution in [0.25, 0.3) is 0 Å². The number of piperidine rings is 1. The summed E-state index contributed by atoms with van der Waals surface area (Å²) in [6, 6.07) is 2.25. The molecule has 2 aliphatic rings. The quantitative estimate of drug-likeness (QED) is 0.853. The average molecular weight is 347 g/mol. The van der Waals surface area contributed by atoms with Gasteiger partial charge in [-0.3, -0.25) is 4.90 Å². The Morgan fingerprint density at radius 2 is 2.00 bits per heavy atom. The van der Waals surface area contributed by atoms with E-state index in [1.165, 1.54) is 44.3 Å². The summed E-state index contributed by atoms with van der Waals surface area (Å²) in [6.45, 7) is 5.17. The Bertz CT molecular complexity index is 659. The SMILES string of the molecule is COCc1nnc2n1CCC1(CC2)CCN(Cc2ccsc2)CC1. The molecule has 0 saturated carbocycles. The van der Waals surface area contributed by atoms with E-state index in [-0.39, 0.29) is 0 Å². The molecule has 130 valence electrons. The Morgan fingerprint density at radius 3 is 2.75 bits per heavy atom. The molecule has 4 heterocycles. The molecule has 0 aliphatic carbocycles. The third kappa shape index (κ3) is 3.27. The fourth-order valence-electron chi connectivity index (χ4n) is 4.23. The number of nitrogens with zero attached hydrogens (tertiary/aromatic N) is 4. The van der Waals surface area contributed by atoms with Crippen molar-refractivity contribution < 1.29 is 4.74 Å². The van der Waals surface area contributed by atoms with Crippen LogP contribution in [-0.2, 0) is 30.9 Å². The maximum atomic E-state index is 5.26. The highest BCUT2D eigenvalue weighted by atomic mass is 32.1. The molecule has 2 aromatic rings. The van der Waals surface area contributed by atoms with Crippen LogP contribution in [-0.4, -0.2) is 39.9 Å². The Morgan fingerprint density at radius 1 is 1.17 bits per heavy atom. The Hall–Kier alpha value is -1.24. The van der Waals surface area contributed by atoms with E-state index in [9.17, 15) is 0 Å². The third-order valence-electron chi connectivity index (χ3n) is 5.83. The molecule has 1 saturated heterocycles. The van der Waals surface area contributed by atoms with E-state index < -0.39 is 0 Å². The summed E-state index contributed by atoms with van der Waals surface area (Å²) in [5, 5.41) is 13.2. The average Bonchev–Trinajstić information content (AvgIpc) is 3.20. The zero-order valence-corrected chi connectivity index (χ0v) is 15.2. The number of aromatic nitrogens is 3. The van der Waals surface area contributed by atoms with Crippen LogP contribution < -0.4 is 0 Å². The van der Waals surface area contributed by atoms with Crippen LogP contribution in [0.2, 0.25) is 0 Å². The van der Waals surface area contributed by atoms with E-state index >= 15 is 0 Å². The normalized spacial score (nSPS) is 20.9. The van der Waals surface area contributed by atoms with Crippen molar-refractivity contribution in [2.24, 2.45) is 5.41 Å². The minimum atomic E-state index is 0.496. The van der Waals surface area contributed by atoms with Gasteiger partial charge >= 0.3 is 0 Å². The van der Waals surface area contributed by atoms with Crippen LogP contribution in [0, 0.1) is 5.41 Å². The largest absolute Gasteiger partial charge is 0.377 e. The van der Waals surface area contributed by atoms with Crippen molar-refractivity contribution in [2.45, 2.75) is 51.8 Å². The number of likely N-dealkylation sites (tertiary alicyclic amines) is 1. The van der Waals surface area contributed by atoms with Crippen LogP contribution in [0.15, 0.2) is 16.8 Å². The number of fused-ring (bicyclic) bond motifs is 1. The Labute approximate surface area is 147 Å². The van der Waals surface area contributed by atoms with Crippen molar-refractivity contribution in [1.29, 1.82) is 0 Å². The summed E-state index contributed by atoms with van der Waals surface area (Å²) in [5.41, 5.74) is 1.96. The smallest absolute Gasteiger partial charge is 0.159 e. The highest BCUT2D eigenvalue weighted by molar-refractivity contribution is 7.07. The summed E-state index contributed by atoms with van der Waals surface area (Å²) in [6.07, 6.45) is 6.19. The van der Waals surface area contributed by atoms with Gasteiger partial charge in [-0.15, -0.1) is 10.2 Å². The van der Waals surface area contributed by atoms with Crippen LogP contribution >= 0.6 is 11.3 Å². The molecule has 5 nitrogen and oxygen atoms in total. The number of aryl methyl sites for hydroxylation is 1. The second-order valence-electron chi connectivity index (χ2n) is 7.27.